The van der Waals surface area contributed by atoms with E-state index in [-0.39, 0.29) is 24.4 Å². The van der Waals surface area contributed by atoms with Crippen LogP contribution in [0.15, 0.2) is 48.5 Å². The van der Waals surface area contributed by atoms with Crippen LogP contribution in [0.5, 0.6) is 0 Å². The molecule has 3 rings (SSSR count). The van der Waals surface area contributed by atoms with E-state index >= 15 is 0 Å². The fourth-order valence-electron chi connectivity index (χ4n) is 3.15. The van der Waals surface area contributed by atoms with E-state index < -0.39 is 0 Å². The maximum Gasteiger partial charge on any atom is 0.244 e. The molecule has 0 spiro atoms. The summed E-state index contributed by atoms with van der Waals surface area (Å²) in [7, 11) is 1.94. The van der Waals surface area contributed by atoms with E-state index in [2.05, 4.69) is 36.5 Å². The van der Waals surface area contributed by atoms with Gasteiger partial charge in [0.05, 0.1) is 17.4 Å². The highest BCUT2D eigenvalue weighted by Gasteiger charge is 2.31. The molecule has 5 nitrogen and oxygen atoms in total. The van der Waals surface area contributed by atoms with Crippen LogP contribution in [0.3, 0.4) is 0 Å². The summed E-state index contributed by atoms with van der Waals surface area (Å²) < 4.78 is 0. The van der Waals surface area contributed by atoms with Gasteiger partial charge in [-0.25, -0.2) is 0 Å². The van der Waals surface area contributed by atoms with Gasteiger partial charge in [-0.3, -0.25) is 19.4 Å². The van der Waals surface area contributed by atoms with E-state index in [0.29, 0.717) is 12.2 Å². The predicted octanol–water partition coefficient (Wildman–Crippen LogP) is 3.05. The molecule has 26 heavy (non-hydrogen) atoms. The third-order valence-electron chi connectivity index (χ3n) is 4.92. The van der Waals surface area contributed by atoms with E-state index in [0.717, 1.165) is 12.1 Å². The number of hydrogen-bond donors (Lipinski definition) is 1. The zero-order valence-electron chi connectivity index (χ0n) is 15.5. The molecule has 1 N–H and O–H groups in total. The van der Waals surface area contributed by atoms with Crippen LogP contribution in [-0.4, -0.2) is 36.3 Å². The average molecular weight is 351 g/mol. The molecule has 0 saturated heterocycles. The smallest absolute Gasteiger partial charge is 0.244 e. The number of rotatable bonds is 5. The first-order valence-electron chi connectivity index (χ1n) is 8.98. The van der Waals surface area contributed by atoms with Crippen molar-refractivity contribution in [1.29, 1.82) is 0 Å². The van der Waals surface area contributed by atoms with Gasteiger partial charge in [-0.2, -0.15) is 0 Å². The van der Waals surface area contributed by atoms with Gasteiger partial charge in [-0.1, -0.05) is 43.3 Å². The molecule has 0 radical (unpaired) electrons. The van der Waals surface area contributed by atoms with Gasteiger partial charge in [0.2, 0.25) is 11.8 Å². The van der Waals surface area contributed by atoms with Crippen LogP contribution < -0.4 is 10.2 Å². The molecule has 1 heterocycles. The predicted molar refractivity (Wildman–Crippen MR) is 104 cm³/mol. The Bertz CT molecular complexity index is 801. The fourth-order valence-corrected chi connectivity index (χ4v) is 3.15. The third kappa shape index (κ3) is 3.78. The summed E-state index contributed by atoms with van der Waals surface area (Å²) >= 11 is 0. The van der Waals surface area contributed by atoms with Gasteiger partial charge in [0.1, 0.15) is 6.54 Å². The lowest BCUT2D eigenvalue weighted by molar-refractivity contribution is -0.125. The molecule has 136 valence electrons. The van der Waals surface area contributed by atoms with Crippen LogP contribution in [0.2, 0.25) is 0 Å². The molecule has 5 heteroatoms. The van der Waals surface area contributed by atoms with Crippen molar-refractivity contribution in [2.24, 2.45) is 0 Å². The molecule has 2 aromatic rings. The Kier molecular flexibility index (Phi) is 5.38. The van der Waals surface area contributed by atoms with E-state index in [1.807, 2.05) is 43.1 Å². The summed E-state index contributed by atoms with van der Waals surface area (Å²) in [6.07, 6.45) is 1.02. The minimum atomic E-state index is -0.334. The highest BCUT2D eigenvalue weighted by molar-refractivity contribution is 6.11. The Balaban J connectivity index is 1.73. The number of likely N-dealkylation sites (N-methyl/N-ethyl adjacent to an activating group) is 1. The number of carbonyl (C=O) groups excluding carboxylic acids is 2. The van der Waals surface area contributed by atoms with E-state index in [9.17, 15) is 9.59 Å². The Labute approximate surface area is 154 Å². The van der Waals surface area contributed by atoms with E-state index in [1.54, 1.807) is 4.90 Å². The van der Waals surface area contributed by atoms with Crippen LogP contribution in [0, 0.1) is 0 Å². The van der Waals surface area contributed by atoms with Crippen LogP contribution in [0.25, 0.3) is 0 Å². The van der Waals surface area contributed by atoms with Crippen molar-refractivity contribution in [1.82, 2.24) is 4.90 Å². The van der Waals surface area contributed by atoms with Crippen molar-refractivity contribution in [3.05, 3.63) is 59.7 Å². The Morgan fingerprint density at radius 3 is 2.50 bits per heavy atom. The molecule has 2 amide bonds. The second-order valence-corrected chi connectivity index (χ2v) is 6.75. The molecule has 0 bridgehead atoms. The first-order valence-corrected chi connectivity index (χ1v) is 8.98. The molecule has 0 fully saturated rings. The average Bonchev–Trinajstić information content (AvgIpc) is 2.66. The Morgan fingerprint density at radius 2 is 1.81 bits per heavy atom. The van der Waals surface area contributed by atoms with Crippen molar-refractivity contribution in [2.45, 2.75) is 32.9 Å². The number of para-hydroxylation sites is 2. The number of carbonyl (C=O) groups is 2. The van der Waals surface area contributed by atoms with Crippen molar-refractivity contribution >= 4 is 23.2 Å². The second kappa shape index (κ2) is 7.70. The van der Waals surface area contributed by atoms with Gasteiger partial charge >= 0.3 is 0 Å². The van der Waals surface area contributed by atoms with Gasteiger partial charge in [-0.15, -0.1) is 0 Å². The molecular formula is C21H25N3O2. The summed E-state index contributed by atoms with van der Waals surface area (Å²) in [5.74, 6) is -0.234. The SMILES string of the molecule is CCc1ccc(CN(C)[C@@H](C)C(=O)N2CC(=O)Nc3ccccc32)cc1. The zero-order chi connectivity index (χ0) is 18.7. The third-order valence-corrected chi connectivity index (χ3v) is 4.92. The molecule has 1 atom stereocenters. The number of fused-ring (bicyclic) bond motifs is 1. The van der Waals surface area contributed by atoms with E-state index in [1.165, 1.54) is 11.1 Å². The molecule has 1 aliphatic rings. The van der Waals surface area contributed by atoms with Gasteiger partial charge in [-0.05, 0) is 43.7 Å². The number of nitrogens with zero attached hydrogens (tertiary/aromatic N) is 2. The number of nitrogens with one attached hydrogen (secondary N) is 1. The normalized spacial score (nSPS) is 14.8. The second-order valence-electron chi connectivity index (χ2n) is 6.75. The maximum atomic E-state index is 13.0. The molecule has 2 aromatic carbocycles. The number of benzene rings is 2. The minimum Gasteiger partial charge on any atom is -0.323 e. The number of aryl methyl sites for hydroxylation is 1. The summed E-state index contributed by atoms with van der Waals surface area (Å²) in [6.45, 7) is 4.75. The summed E-state index contributed by atoms with van der Waals surface area (Å²) in [5.41, 5.74) is 3.91. The fraction of sp³-hybridized carbons (Fsp3) is 0.333. The van der Waals surface area contributed by atoms with Crippen LogP contribution in [-0.2, 0) is 22.6 Å². The summed E-state index contributed by atoms with van der Waals surface area (Å²) in [5, 5.41) is 2.82. The van der Waals surface area contributed by atoms with Gasteiger partial charge in [0.25, 0.3) is 0 Å². The first-order chi connectivity index (χ1) is 12.5. The monoisotopic (exact) mass is 351 g/mol. The quantitative estimate of drug-likeness (QED) is 0.901. The molecule has 0 saturated carbocycles. The lowest BCUT2D eigenvalue weighted by Gasteiger charge is -2.33. The van der Waals surface area contributed by atoms with Crippen LogP contribution in [0.1, 0.15) is 25.0 Å². The van der Waals surface area contributed by atoms with Crippen molar-refractivity contribution < 1.29 is 9.59 Å². The Hall–Kier alpha value is -2.66. The van der Waals surface area contributed by atoms with Crippen LogP contribution in [0.4, 0.5) is 11.4 Å². The lowest BCUT2D eigenvalue weighted by Crippen LogP contribution is -2.50. The lowest BCUT2D eigenvalue weighted by atomic mass is 10.1. The molecular weight excluding hydrogens is 326 g/mol. The van der Waals surface area contributed by atoms with Gasteiger partial charge < -0.3 is 5.32 Å². The highest BCUT2D eigenvalue weighted by atomic mass is 16.2. The maximum absolute atomic E-state index is 13.0. The number of hydrogen-bond acceptors (Lipinski definition) is 3. The van der Waals surface area contributed by atoms with Crippen molar-refractivity contribution in [3.8, 4) is 0 Å². The van der Waals surface area contributed by atoms with Crippen molar-refractivity contribution in [2.75, 3.05) is 23.8 Å². The Morgan fingerprint density at radius 1 is 1.15 bits per heavy atom. The largest absolute Gasteiger partial charge is 0.323 e. The molecule has 0 aromatic heterocycles. The molecule has 0 aliphatic carbocycles. The number of anilines is 2. The first kappa shape index (κ1) is 18.1. The summed E-state index contributed by atoms with van der Waals surface area (Å²) in [4.78, 5) is 28.6. The van der Waals surface area contributed by atoms with Crippen LogP contribution >= 0.6 is 0 Å². The van der Waals surface area contributed by atoms with Gasteiger partial charge in [0, 0.05) is 6.54 Å². The van der Waals surface area contributed by atoms with E-state index in [4.69, 9.17) is 0 Å². The van der Waals surface area contributed by atoms with Crippen molar-refractivity contribution in [3.63, 3.8) is 0 Å². The standard InChI is InChI=1S/C21H25N3O2/c1-4-16-9-11-17(12-10-16)13-23(3)15(2)21(26)24-14-20(25)22-18-7-5-6-8-19(18)24/h5-12,15H,4,13-14H2,1-3H3,(H,22,25)/t15-/m0/s1. The molecule has 1 aliphatic heterocycles. The summed E-state index contributed by atoms with van der Waals surface area (Å²) in [6, 6.07) is 15.5. The zero-order valence-corrected chi connectivity index (χ0v) is 15.5. The minimum absolute atomic E-state index is 0.0548. The van der Waals surface area contributed by atoms with Gasteiger partial charge in [0.15, 0.2) is 0 Å². The number of amides is 2. The topological polar surface area (TPSA) is 52.7 Å². The highest BCUT2D eigenvalue weighted by Crippen LogP contribution is 2.29. The molecule has 0 unspecified atom stereocenters.